The summed E-state index contributed by atoms with van der Waals surface area (Å²) < 4.78 is 75.0. The Kier molecular flexibility index (Phi) is 9.46. The van der Waals surface area contributed by atoms with E-state index in [0.717, 1.165) is 6.42 Å². The Labute approximate surface area is 282 Å². The predicted octanol–water partition coefficient (Wildman–Crippen LogP) is 6.64. The molecule has 1 saturated heterocycles. The number of alkyl halides is 4. The molecule has 0 spiro atoms. The maximum atomic E-state index is 16.2. The van der Waals surface area contributed by atoms with E-state index in [0.29, 0.717) is 37.5 Å². The van der Waals surface area contributed by atoms with Gasteiger partial charge in [0.1, 0.15) is 24.0 Å². The number of carbonyl (C=O) groups is 3. The summed E-state index contributed by atoms with van der Waals surface area (Å²) in [5.74, 6) is -4.85. The maximum Gasteiger partial charge on any atom is 0.408 e. The number of halogens is 4. The van der Waals surface area contributed by atoms with Crippen LogP contribution in [-0.4, -0.2) is 70.1 Å². The van der Waals surface area contributed by atoms with E-state index < -0.39 is 72.0 Å². The van der Waals surface area contributed by atoms with Crippen LogP contribution in [0.1, 0.15) is 85.3 Å². The van der Waals surface area contributed by atoms with E-state index in [9.17, 15) is 23.2 Å². The Morgan fingerprint density at radius 3 is 2.51 bits per heavy atom. The summed E-state index contributed by atoms with van der Waals surface area (Å²) in [6.45, 7) is 5.28. The number of carbonyl (C=O) groups excluding carboxylic acids is 3. The van der Waals surface area contributed by atoms with Crippen molar-refractivity contribution in [2.45, 2.75) is 116 Å². The predicted molar refractivity (Wildman–Crippen MR) is 169 cm³/mol. The second-order valence-electron chi connectivity index (χ2n) is 15.1. The number of amides is 2. The summed E-state index contributed by atoms with van der Waals surface area (Å²) >= 11 is 0. The molecule has 3 fully saturated rings. The quantitative estimate of drug-likeness (QED) is 0.355. The first-order chi connectivity index (χ1) is 23.1. The number of alkyl carbamates (subject to hydrolysis) is 1. The highest BCUT2D eigenvalue weighted by Gasteiger charge is 2.55. The lowest BCUT2D eigenvalue weighted by molar-refractivity contribution is -0.141. The molecule has 3 heterocycles. The molecule has 2 aliphatic carbocycles. The molecule has 1 N–H and O–H groups in total. The molecule has 0 radical (unpaired) electrons. The van der Waals surface area contributed by atoms with Gasteiger partial charge in [0, 0.05) is 18.4 Å². The van der Waals surface area contributed by atoms with Crippen LogP contribution in [0.25, 0.3) is 11.0 Å². The summed E-state index contributed by atoms with van der Waals surface area (Å²) in [6, 6.07) is 1.62. The number of nitrogens with zero attached hydrogens (tertiary/aromatic N) is 3. The van der Waals surface area contributed by atoms with Gasteiger partial charge in [-0.05, 0) is 74.3 Å². The van der Waals surface area contributed by atoms with E-state index in [-0.39, 0.29) is 47.6 Å². The Balaban J connectivity index is 1.42. The van der Waals surface area contributed by atoms with Gasteiger partial charge in [-0.1, -0.05) is 34.1 Å². The molecule has 6 rings (SSSR count). The third-order valence-electron chi connectivity index (χ3n) is 10.7. The normalized spacial score (nSPS) is 31.8. The van der Waals surface area contributed by atoms with Crippen molar-refractivity contribution in [2.24, 2.45) is 29.1 Å². The molecule has 268 valence electrons. The molecule has 2 amide bonds. The van der Waals surface area contributed by atoms with Gasteiger partial charge in [-0.15, -0.1) is 0 Å². The van der Waals surface area contributed by atoms with Crippen molar-refractivity contribution in [3.05, 3.63) is 23.9 Å². The van der Waals surface area contributed by atoms with Crippen LogP contribution in [0.2, 0.25) is 0 Å². The summed E-state index contributed by atoms with van der Waals surface area (Å²) in [5, 5.41) is 2.80. The van der Waals surface area contributed by atoms with Crippen molar-refractivity contribution in [3.8, 4) is 11.6 Å². The van der Waals surface area contributed by atoms with Crippen LogP contribution in [0.3, 0.4) is 0 Å². The number of ketones is 1. The number of aromatic nitrogens is 2. The topological polar surface area (TPSA) is 120 Å². The van der Waals surface area contributed by atoms with Crippen LogP contribution in [0.15, 0.2) is 18.2 Å². The van der Waals surface area contributed by atoms with Crippen molar-refractivity contribution >= 4 is 28.8 Å². The van der Waals surface area contributed by atoms with E-state index in [4.69, 9.17) is 9.47 Å². The highest BCUT2D eigenvalue weighted by Crippen LogP contribution is 2.58. The van der Waals surface area contributed by atoms with Crippen molar-refractivity contribution < 1.29 is 46.2 Å². The smallest absolute Gasteiger partial charge is 0.408 e. The second kappa shape index (κ2) is 13.2. The highest BCUT2D eigenvalue weighted by atomic mass is 19.3. The molecular formula is C35H44F4N4O6. The van der Waals surface area contributed by atoms with Gasteiger partial charge in [-0.3, -0.25) is 9.59 Å². The molecular weight excluding hydrogens is 648 g/mol. The first-order valence-electron chi connectivity index (χ1n) is 17.2. The highest BCUT2D eigenvalue weighted by molar-refractivity contribution is 5.92. The number of rotatable bonds is 4. The van der Waals surface area contributed by atoms with Crippen LogP contribution in [0, 0.1) is 29.1 Å². The lowest BCUT2D eigenvalue weighted by Gasteiger charge is -2.36. The Morgan fingerprint density at radius 1 is 1.08 bits per heavy atom. The fourth-order valence-electron chi connectivity index (χ4n) is 8.19. The van der Waals surface area contributed by atoms with Crippen molar-refractivity contribution in [3.63, 3.8) is 0 Å². The van der Waals surface area contributed by atoms with E-state index in [1.807, 2.05) is 0 Å². The van der Waals surface area contributed by atoms with E-state index in [2.05, 4.69) is 20.0 Å². The Morgan fingerprint density at radius 2 is 1.84 bits per heavy atom. The summed E-state index contributed by atoms with van der Waals surface area (Å²) in [5.41, 5.74) is -1.45. The molecule has 4 aliphatic rings. The SMILES string of the molecule is CC[C@@H]1[C@@H]2CN(C(=O)[C@H](C(C)(C)C)NC(=O)O[C@@H]3CC4CC4[C@H]3CCCCC(F)(F)c3nc4ccc(OC(F)F)cc4nc3O2)[C@@H]1C(C)=O. The zero-order valence-corrected chi connectivity index (χ0v) is 28.4. The minimum Gasteiger partial charge on any atom is -0.471 e. The van der Waals surface area contributed by atoms with Gasteiger partial charge in [-0.25, -0.2) is 14.8 Å². The third-order valence-corrected chi connectivity index (χ3v) is 10.7. The zero-order chi connectivity index (χ0) is 35.4. The first kappa shape index (κ1) is 35.1. The third kappa shape index (κ3) is 7.15. The van der Waals surface area contributed by atoms with E-state index in [1.165, 1.54) is 30.0 Å². The number of fused-ring (bicyclic) bond motifs is 7. The Bertz CT molecular complexity index is 1600. The molecule has 2 aliphatic heterocycles. The van der Waals surface area contributed by atoms with Crippen LogP contribution in [0.5, 0.6) is 11.6 Å². The standard InChI is InChI=1S/C35H44F4N4O6/c1-6-20-26-16-43(27(20)17(2)44)31(45)29(34(3,4)5)42-33(46)49-25-14-18-13-22(18)21(25)9-7-8-12-35(38,39)28-30(48-26)41-24-15-19(47-32(36)37)10-11-23(24)40-28/h10-11,15,18,20-22,25-27,29,32H,6-9,12-14,16H2,1-5H3,(H,42,46)/t18?,20-,21-,22?,25-,26+,27-,29-/m1/s1. The van der Waals surface area contributed by atoms with Gasteiger partial charge in [0.15, 0.2) is 11.5 Å². The minimum atomic E-state index is -3.49. The number of ether oxygens (including phenoxy) is 3. The molecule has 1 aromatic heterocycles. The van der Waals surface area contributed by atoms with E-state index >= 15 is 8.78 Å². The summed E-state index contributed by atoms with van der Waals surface area (Å²) in [7, 11) is 0. The largest absolute Gasteiger partial charge is 0.471 e. The summed E-state index contributed by atoms with van der Waals surface area (Å²) in [6.07, 6.45) is 0.672. The van der Waals surface area contributed by atoms with Gasteiger partial charge in [-0.2, -0.15) is 17.6 Å². The molecule has 49 heavy (non-hydrogen) atoms. The lowest BCUT2D eigenvalue weighted by Crippen LogP contribution is -2.57. The number of hydrogen-bond acceptors (Lipinski definition) is 8. The van der Waals surface area contributed by atoms with Gasteiger partial charge in [0.2, 0.25) is 11.8 Å². The molecule has 2 aromatic rings. The van der Waals surface area contributed by atoms with Gasteiger partial charge in [0.25, 0.3) is 5.92 Å². The van der Waals surface area contributed by atoms with Crippen molar-refractivity contribution in [2.75, 3.05) is 6.54 Å². The lowest BCUT2D eigenvalue weighted by atomic mass is 9.85. The van der Waals surface area contributed by atoms with Crippen molar-refractivity contribution in [1.29, 1.82) is 0 Å². The van der Waals surface area contributed by atoms with Gasteiger partial charge < -0.3 is 24.4 Å². The minimum absolute atomic E-state index is 0.00120. The molecule has 8 atom stereocenters. The molecule has 10 nitrogen and oxygen atoms in total. The van der Waals surface area contributed by atoms with Gasteiger partial charge in [0.05, 0.1) is 23.6 Å². The van der Waals surface area contributed by atoms with Crippen LogP contribution in [0.4, 0.5) is 22.4 Å². The van der Waals surface area contributed by atoms with Gasteiger partial charge >= 0.3 is 12.7 Å². The average molecular weight is 693 g/mol. The molecule has 2 bridgehead atoms. The number of nitrogens with one attached hydrogen (secondary N) is 1. The number of benzene rings is 1. The van der Waals surface area contributed by atoms with E-state index in [1.54, 1.807) is 27.7 Å². The maximum absolute atomic E-state index is 16.2. The molecule has 2 unspecified atom stereocenters. The fraction of sp³-hybridized carbons (Fsp3) is 0.686. The summed E-state index contributed by atoms with van der Waals surface area (Å²) in [4.78, 5) is 50.8. The van der Waals surface area contributed by atoms with Crippen molar-refractivity contribution in [1.82, 2.24) is 20.2 Å². The fourth-order valence-corrected chi connectivity index (χ4v) is 8.19. The second-order valence-corrected chi connectivity index (χ2v) is 15.1. The number of Topliss-reactive ketones (excluding diaryl/α,β-unsaturated/α-hetero) is 1. The van der Waals surface area contributed by atoms with Crippen LogP contribution >= 0.6 is 0 Å². The average Bonchev–Trinajstić information content (AvgIpc) is 3.54. The molecule has 14 heteroatoms. The first-order valence-corrected chi connectivity index (χ1v) is 17.2. The van der Waals surface area contributed by atoms with Crippen LogP contribution < -0.4 is 14.8 Å². The molecule has 1 aromatic carbocycles. The zero-order valence-electron chi connectivity index (χ0n) is 28.4. The number of hydrogen-bond donors (Lipinski definition) is 1. The molecule has 2 saturated carbocycles. The Hall–Kier alpha value is -3.71. The van der Waals surface area contributed by atoms with Crippen LogP contribution in [-0.2, 0) is 20.2 Å². The monoisotopic (exact) mass is 692 g/mol.